The highest BCUT2D eigenvalue weighted by atomic mass is 19.2. The summed E-state index contributed by atoms with van der Waals surface area (Å²) in [6.07, 6.45) is 1.28. The Hall–Kier alpha value is -3.42. The fourth-order valence-corrected chi connectivity index (χ4v) is 2.62. The molecule has 1 heterocycles. The number of rotatable bonds is 4. The molecule has 8 heteroatoms. The lowest BCUT2D eigenvalue weighted by Crippen LogP contribution is -2.01. The molecule has 0 bridgehead atoms. The molecule has 0 fully saturated rings. The van der Waals surface area contributed by atoms with Gasteiger partial charge in [0.25, 0.3) is 0 Å². The summed E-state index contributed by atoms with van der Waals surface area (Å²) in [6.45, 7) is 0. The normalized spacial score (nSPS) is 10.6. The highest BCUT2D eigenvalue weighted by Crippen LogP contribution is 2.39. The first-order valence-corrected chi connectivity index (χ1v) is 7.54. The van der Waals surface area contributed by atoms with Crippen molar-refractivity contribution < 1.29 is 18.3 Å². The second-order valence-corrected chi connectivity index (χ2v) is 5.40. The van der Waals surface area contributed by atoms with Gasteiger partial charge in [-0.3, -0.25) is 0 Å². The maximum Gasteiger partial charge on any atom is 0.162 e. The van der Waals surface area contributed by atoms with Gasteiger partial charge in [0.15, 0.2) is 11.6 Å². The van der Waals surface area contributed by atoms with Crippen LogP contribution in [0, 0.1) is 11.6 Å². The van der Waals surface area contributed by atoms with E-state index in [-0.39, 0.29) is 11.3 Å². The highest BCUT2D eigenvalue weighted by molar-refractivity contribution is 5.89. The Labute approximate surface area is 148 Å². The Bertz CT molecular complexity index is 980. The zero-order valence-corrected chi connectivity index (χ0v) is 14.1. The summed E-state index contributed by atoms with van der Waals surface area (Å²) in [5, 5.41) is 0. The average molecular weight is 358 g/mol. The summed E-state index contributed by atoms with van der Waals surface area (Å²) in [4.78, 5) is 8.32. The van der Waals surface area contributed by atoms with Crippen LogP contribution >= 0.6 is 0 Å². The number of nitrogens with zero attached hydrogens (tertiary/aromatic N) is 2. The van der Waals surface area contributed by atoms with Crippen LogP contribution in [0.3, 0.4) is 0 Å². The molecule has 0 aliphatic heterocycles. The molecular weight excluding hydrogens is 342 g/mol. The van der Waals surface area contributed by atoms with Crippen molar-refractivity contribution in [1.29, 1.82) is 0 Å². The molecule has 1 aromatic heterocycles. The third kappa shape index (κ3) is 2.97. The second kappa shape index (κ2) is 6.83. The van der Waals surface area contributed by atoms with Gasteiger partial charge in [-0.15, -0.1) is 0 Å². The van der Waals surface area contributed by atoms with Crippen molar-refractivity contribution >= 4 is 11.4 Å². The molecule has 0 aliphatic carbocycles. The van der Waals surface area contributed by atoms with Crippen molar-refractivity contribution in [3.8, 4) is 34.0 Å². The molecule has 4 N–H and O–H groups in total. The number of hydrogen-bond donors (Lipinski definition) is 2. The Kier molecular flexibility index (Phi) is 4.57. The molecule has 0 unspecified atom stereocenters. The summed E-state index contributed by atoms with van der Waals surface area (Å²) in [5.74, 6) is -1.44. The lowest BCUT2D eigenvalue weighted by atomic mass is 10.0. The van der Waals surface area contributed by atoms with Crippen LogP contribution in [0.15, 0.2) is 36.7 Å². The number of nitrogens with two attached hydrogens (primary N) is 2. The average Bonchev–Trinajstić information content (AvgIpc) is 2.64. The number of benzene rings is 2. The number of anilines is 2. The van der Waals surface area contributed by atoms with Gasteiger partial charge in [0, 0.05) is 17.3 Å². The molecule has 6 nitrogen and oxygen atoms in total. The van der Waals surface area contributed by atoms with Crippen LogP contribution in [0.1, 0.15) is 0 Å². The van der Waals surface area contributed by atoms with Crippen LogP contribution in [-0.4, -0.2) is 24.2 Å². The predicted molar refractivity (Wildman–Crippen MR) is 94.7 cm³/mol. The summed E-state index contributed by atoms with van der Waals surface area (Å²) in [5.41, 5.74) is 14.3. The lowest BCUT2D eigenvalue weighted by molar-refractivity contribution is 0.408. The number of nitrogen functional groups attached to an aromatic ring is 2. The summed E-state index contributed by atoms with van der Waals surface area (Å²) in [7, 11) is 2.85. The van der Waals surface area contributed by atoms with E-state index in [0.717, 1.165) is 12.1 Å². The van der Waals surface area contributed by atoms with E-state index in [1.54, 1.807) is 18.2 Å². The standard InChI is InChI=1S/C18H16F2N4O2/c1-25-15-4-3-12(21)17(18(15)22)14-7-13(23-8-24-14)9-5-10(19)11(20)6-16(9)26-2/h3-8H,21-22H2,1-2H3. The predicted octanol–water partition coefficient (Wildman–Crippen LogP) is 3.27. The first-order valence-electron chi connectivity index (χ1n) is 7.54. The minimum atomic E-state index is -1.01. The Morgan fingerprint density at radius 3 is 2.19 bits per heavy atom. The fourth-order valence-electron chi connectivity index (χ4n) is 2.62. The molecule has 3 rings (SSSR count). The molecular formula is C18H16F2N4O2. The van der Waals surface area contributed by atoms with Crippen molar-refractivity contribution in [3.05, 3.63) is 48.3 Å². The fraction of sp³-hybridized carbons (Fsp3) is 0.111. The quantitative estimate of drug-likeness (QED) is 0.695. The Morgan fingerprint density at radius 2 is 1.50 bits per heavy atom. The van der Waals surface area contributed by atoms with Gasteiger partial charge in [-0.2, -0.15) is 0 Å². The SMILES string of the molecule is COc1cc(F)c(F)cc1-c1cc(-c2c(N)ccc(OC)c2N)ncn1. The van der Waals surface area contributed by atoms with Crippen LogP contribution in [0.25, 0.3) is 22.5 Å². The van der Waals surface area contributed by atoms with E-state index in [1.807, 2.05) is 0 Å². The molecule has 3 aromatic rings. The minimum absolute atomic E-state index is 0.139. The summed E-state index contributed by atoms with van der Waals surface area (Å²) < 4.78 is 37.5. The van der Waals surface area contributed by atoms with Gasteiger partial charge in [-0.1, -0.05) is 0 Å². The molecule has 134 valence electrons. The van der Waals surface area contributed by atoms with Crippen LogP contribution < -0.4 is 20.9 Å². The summed E-state index contributed by atoms with van der Waals surface area (Å²) >= 11 is 0. The third-order valence-corrected chi connectivity index (χ3v) is 3.90. The van der Waals surface area contributed by atoms with Crippen LogP contribution in [0.5, 0.6) is 11.5 Å². The topological polar surface area (TPSA) is 96.3 Å². The summed E-state index contributed by atoms with van der Waals surface area (Å²) in [6, 6.07) is 6.83. The second-order valence-electron chi connectivity index (χ2n) is 5.40. The Balaban J connectivity index is 2.19. The molecule has 0 atom stereocenters. The van der Waals surface area contributed by atoms with Gasteiger partial charge in [-0.05, 0) is 24.3 Å². The third-order valence-electron chi connectivity index (χ3n) is 3.90. The maximum absolute atomic E-state index is 13.7. The van der Waals surface area contributed by atoms with E-state index in [9.17, 15) is 8.78 Å². The Morgan fingerprint density at radius 1 is 0.846 bits per heavy atom. The molecule has 0 spiro atoms. The molecule has 0 amide bonds. The lowest BCUT2D eigenvalue weighted by Gasteiger charge is -2.14. The van der Waals surface area contributed by atoms with E-state index in [1.165, 1.54) is 20.5 Å². The molecule has 0 saturated heterocycles. The maximum atomic E-state index is 13.7. The highest BCUT2D eigenvalue weighted by Gasteiger charge is 2.17. The van der Waals surface area contributed by atoms with E-state index in [2.05, 4.69) is 9.97 Å². The smallest absolute Gasteiger partial charge is 0.162 e. The van der Waals surface area contributed by atoms with Crippen molar-refractivity contribution in [1.82, 2.24) is 9.97 Å². The first kappa shape index (κ1) is 17.4. The van der Waals surface area contributed by atoms with Gasteiger partial charge in [-0.25, -0.2) is 18.7 Å². The van der Waals surface area contributed by atoms with E-state index in [4.69, 9.17) is 20.9 Å². The number of methoxy groups -OCH3 is 2. The van der Waals surface area contributed by atoms with E-state index < -0.39 is 11.6 Å². The molecule has 0 saturated carbocycles. The number of aromatic nitrogens is 2. The molecule has 26 heavy (non-hydrogen) atoms. The van der Waals surface area contributed by atoms with Crippen molar-refractivity contribution in [2.45, 2.75) is 0 Å². The van der Waals surface area contributed by atoms with Gasteiger partial charge in [0.1, 0.15) is 17.8 Å². The van der Waals surface area contributed by atoms with Crippen molar-refractivity contribution in [2.24, 2.45) is 0 Å². The zero-order valence-electron chi connectivity index (χ0n) is 14.1. The molecule has 0 aliphatic rings. The van der Waals surface area contributed by atoms with E-state index >= 15 is 0 Å². The monoisotopic (exact) mass is 358 g/mol. The minimum Gasteiger partial charge on any atom is -0.496 e. The van der Waals surface area contributed by atoms with E-state index in [0.29, 0.717) is 34.1 Å². The van der Waals surface area contributed by atoms with Crippen LogP contribution in [0.4, 0.5) is 20.2 Å². The van der Waals surface area contributed by atoms with Gasteiger partial charge >= 0.3 is 0 Å². The zero-order chi connectivity index (χ0) is 18.8. The molecule has 0 radical (unpaired) electrons. The van der Waals surface area contributed by atoms with Crippen molar-refractivity contribution in [3.63, 3.8) is 0 Å². The number of halogens is 2. The van der Waals surface area contributed by atoms with Crippen molar-refractivity contribution in [2.75, 3.05) is 25.7 Å². The van der Waals surface area contributed by atoms with Gasteiger partial charge in [0.05, 0.1) is 36.9 Å². The number of ether oxygens (including phenoxy) is 2. The first-order chi connectivity index (χ1) is 12.5. The van der Waals surface area contributed by atoms with Crippen LogP contribution in [-0.2, 0) is 0 Å². The van der Waals surface area contributed by atoms with Gasteiger partial charge < -0.3 is 20.9 Å². The van der Waals surface area contributed by atoms with Crippen LogP contribution in [0.2, 0.25) is 0 Å². The number of hydrogen-bond acceptors (Lipinski definition) is 6. The largest absolute Gasteiger partial charge is 0.496 e. The molecule has 2 aromatic carbocycles. The van der Waals surface area contributed by atoms with Gasteiger partial charge in [0.2, 0.25) is 0 Å².